The summed E-state index contributed by atoms with van der Waals surface area (Å²) in [5, 5.41) is 0. The molecule has 0 aromatic carbocycles. The second-order valence-corrected chi connectivity index (χ2v) is 7.36. The van der Waals surface area contributed by atoms with Crippen molar-refractivity contribution in [3.8, 4) is 0 Å². The summed E-state index contributed by atoms with van der Waals surface area (Å²) in [6.07, 6.45) is 5.63. The third-order valence-electron chi connectivity index (χ3n) is 4.61. The highest BCUT2D eigenvalue weighted by molar-refractivity contribution is 7.81. The van der Waals surface area contributed by atoms with Crippen LogP contribution in [0.1, 0.15) is 60.3 Å². The summed E-state index contributed by atoms with van der Waals surface area (Å²) in [7, 11) is 0. The van der Waals surface area contributed by atoms with Crippen LogP contribution in [-0.2, 0) is 0 Å². The first-order valence-electron chi connectivity index (χ1n) is 5.97. The van der Waals surface area contributed by atoms with Gasteiger partial charge in [0.25, 0.3) is 0 Å². The van der Waals surface area contributed by atoms with Crippen LogP contribution in [0.25, 0.3) is 0 Å². The van der Waals surface area contributed by atoms with E-state index in [2.05, 4.69) is 34.6 Å². The van der Waals surface area contributed by atoms with Gasteiger partial charge in [-0.05, 0) is 30.1 Å². The molecule has 0 spiro atoms. The van der Waals surface area contributed by atoms with Crippen LogP contribution in [0.2, 0.25) is 0 Å². The van der Waals surface area contributed by atoms with Crippen LogP contribution in [0.5, 0.6) is 0 Å². The SMILES string of the molecule is CC1CCC(C(C)(C)C(C)(C)S)CC1. The quantitative estimate of drug-likeness (QED) is 0.641. The molecule has 0 bridgehead atoms. The zero-order valence-corrected chi connectivity index (χ0v) is 11.3. The van der Waals surface area contributed by atoms with E-state index in [1.807, 2.05) is 0 Å². The Morgan fingerprint density at radius 1 is 0.929 bits per heavy atom. The Hall–Kier alpha value is 0.350. The van der Waals surface area contributed by atoms with Crippen molar-refractivity contribution in [2.24, 2.45) is 17.3 Å². The predicted molar refractivity (Wildman–Crippen MR) is 68.0 cm³/mol. The minimum absolute atomic E-state index is 0.137. The monoisotopic (exact) mass is 214 g/mol. The fourth-order valence-electron chi connectivity index (χ4n) is 2.48. The lowest BCUT2D eigenvalue weighted by Gasteiger charge is -2.46. The molecule has 0 amide bonds. The van der Waals surface area contributed by atoms with Crippen molar-refractivity contribution in [2.75, 3.05) is 0 Å². The molecule has 0 saturated heterocycles. The number of hydrogen-bond acceptors (Lipinski definition) is 1. The maximum absolute atomic E-state index is 4.77. The van der Waals surface area contributed by atoms with Crippen molar-refractivity contribution in [3.05, 3.63) is 0 Å². The van der Waals surface area contributed by atoms with Gasteiger partial charge in [0.05, 0.1) is 0 Å². The van der Waals surface area contributed by atoms with Gasteiger partial charge >= 0.3 is 0 Å². The van der Waals surface area contributed by atoms with Gasteiger partial charge in [0.1, 0.15) is 0 Å². The lowest BCUT2D eigenvalue weighted by molar-refractivity contribution is 0.106. The van der Waals surface area contributed by atoms with E-state index < -0.39 is 0 Å². The fraction of sp³-hybridized carbons (Fsp3) is 1.00. The molecule has 1 rings (SSSR count). The standard InChI is InChI=1S/C13H26S/c1-10-6-8-11(9-7-10)12(2,3)13(4,5)14/h10-11,14H,6-9H2,1-5H3. The third kappa shape index (κ3) is 2.48. The summed E-state index contributed by atoms with van der Waals surface area (Å²) in [5.41, 5.74) is 0.357. The molecule has 0 aromatic rings. The molecule has 0 N–H and O–H groups in total. The minimum Gasteiger partial charge on any atom is -0.173 e. The van der Waals surface area contributed by atoms with Crippen LogP contribution in [0, 0.1) is 17.3 Å². The van der Waals surface area contributed by atoms with Crippen LogP contribution in [0.4, 0.5) is 0 Å². The first-order chi connectivity index (χ1) is 6.25. The Morgan fingerprint density at radius 2 is 1.36 bits per heavy atom. The average Bonchev–Trinajstić information content (AvgIpc) is 2.03. The second kappa shape index (κ2) is 4.08. The molecular formula is C13H26S. The Morgan fingerprint density at radius 3 is 1.71 bits per heavy atom. The Balaban J connectivity index is 2.65. The highest BCUT2D eigenvalue weighted by Gasteiger charge is 2.41. The van der Waals surface area contributed by atoms with Crippen molar-refractivity contribution >= 4 is 12.6 Å². The molecule has 1 heteroatoms. The highest BCUT2D eigenvalue weighted by atomic mass is 32.1. The van der Waals surface area contributed by atoms with Crippen molar-refractivity contribution in [2.45, 2.75) is 65.0 Å². The molecule has 0 nitrogen and oxygen atoms in total. The molecule has 1 saturated carbocycles. The van der Waals surface area contributed by atoms with Crippen molar-refractivity contribution in [1.82, 2.24) is 0 Å². The van der Waals surface area contributed by atoms with E-state index in [-0.39, 0.29) is 4.75 Å². The smallest absolute Gasteiger partial charge is 0.0127 e. The lowest BCUT2D eigenvalue weighted by atomic mass is 9.64. The third-order valence-corrected chi connectivity index (χ3v) is 5.19. The molecule has 1 aliphatic rings. The van der Waals surface area contributed by atoms with Crippen LogP contribution < -0.4 is 0 Å². The molecule has 0 aliphatic heterocycles. The van der Waals surface area contributed by atoms with Crippen LogP contribution in [0.15, 0.2) is 0 Å². The maximum Gasteiger partial charge on any atom is 0.0127 e. The molecule has 84 valence electrons. The minimum atomic E-state index is 0.137. The van der Waals surface area contributed by atoms with E-state index in [9.17, 15) is 0 Å². The van der Waals surface area contributed by atoms with Crippen LogP contribution in [0.3, 0.4) is 0 Å². The predicted octanol–water partition coefficient (Wildman–Crippen LogP) is 4.55. The first-order valence-corrected chi connectivity index (χ1v) is 6.42. The van der Waals surface area contributed by atoms with Gasteiger partial charge in [0.2, 0.25) is 0 Å². The van der Waals surface area contributed by atoms with Crippen molar-refractivity contribution in [3.63, 3.8) is 0 Å². The summed E-state index contributed by atoms with van der Waals surface area (Å²) in [5.74, 6) is 1.82. The maximum atomic E-state index is 4.77. The number of rotatable bonds is 2. The lowest BCUT2D eigenvalue weighted by Crippen LogP contribution is -2.41. The van der Waals surface area contributed by atoms with E-state index in [0.29, 0.717) is 5.41 Å². The molecule has 0 unspecified atom stereocenters. The Labute approximate surface area is 95.3 Å². The van der Waals surface area contributed by atoms with E-state index in [0.717, 1.165) is 11.8 Å². The van der Waals surface area contributed by atoms with Gasteiger partial charge in [0.15, 0.2) is 0 Å². The summed E-state index contributed by atoms with van der Waals surface area (Å²) >= 11 is 4.77. The van der Waals surface area contributed by atoms with E-state index in [1.165, 1.54) is 25.7 Å². The van der Waals surface area contributed by atoms with Crippen molar-refractivity contribution in [1.29, 1.82) is 0 Å². The topological polar surface area (TPSA) is 0 Å². The number of thiol groups is 1. The van der Waals surface area contributed by atoms with Gasteiger partial charge in [-0.1, -0.05) is 47.5 Å². The molecule has 14 heavy (non-hydrogen) atoms. The van der Waals surface area contributed by atoms with Gasteiger partial charge in [-0.25, -0.2) is 0 Å². The second-order valence-electron chi connectivity index (χ2n) is 6.24. The van der Waals surface area contributed by atoms with Gasteiger partial charge in [-0.3, -0.25) is 0 Å². The van der Waals surface area contributed by atoms with Crippen LogP contribution in [-0.4, -0.2) is 4.75 Å². The molecule has 0 heterocycles. The summed E-state index contributed by atoms with van der Waals surface area (Å²) in [6.45, 7) is 11.7. The molecule has 0 atom stereocenters. The van der Waals surface area contributed by atoms with E-state index in [4.69, 9.17) is 12.6 Å². The van der Waals surface area contributed by atoms with Gasteiger partial charge < -0.3 is 0 Å². The molecule has 0 radical (unpaired) electrons. The number of hydrogen-bond donors (Lipinski definition) is 1. The molecule has 1 fully saturated rings. The van der Waals surface area contributed by atoms with Gasteiger partial charge in [-0.15, -0.1) is 0 Å². The zero-order chi connectivity index (χ0) is 11.0. The highest BCUT2D eigenvalue weighted by Crippen LogP contribution is 2.48. The normalized spacial score (nSPS) is 30.4. The Bertz CT molecular complexity index is 180. The van der Waals surface area contributed by atoms with Crippen LogP contribution >= 0.6 is 12.6 Å². The molecule has 0 aromatic heterocycles. The molecule has 1 aliphatic carbocycles. The van der Waals surface area contributed by atoms with Crippen molar-refractivity contribution < 1.29 is 0 Å². The first kappa shape index (κ1) is 12.4. The van der Waals surface area contributed by atoms with E-state index in [1.54, 1.807) is 0 Å². The molecular weight excluding hydrogens is 188 g/mol. The van der Waals surface area contributed by atoms with Gasteiger partial charge in [0, 0.05) is 4.75 Å². The zero-order valence-electron chi connectivity index (χ0n) is 10.4. The summed E-state index contributed by atoms with van der Waals surface area (Å²) < 4.78 is 0.137. The van der Waals surface area contributed by atoms with Gasteiger partial charge in [-0.2, -0.15) is 12.6 Å². The fourth-order valence-corrected chi connectivity index (χ4v) is 2.66. The summed E-state index contributed by atoms with van der Waals surface area (Å²) in [4.78, 5) is 0. The average molecular weight is 214 g/mol. The summed E-state index contributed by atoms with van der Waals surface area (Å²) in [6, 6.07) is 0. The van der Waals surface area contributed by atoms with E-state index >= 15 is 0 Å². The largest absolute Gasteiger partial charge is 0.173 e. The Kier molecular flexibility index (Phi) is 3.62.